The molecule has 2 saturated heterocycles. The second-order valence-electron chi connectivity index (χ2n) is 7.71. The Bertz CT molecular complexity index is 850. The zero-order chi connectivity index (χ0) is 19.1. The Morgan fingerprint density at radius 2 is 1.74 bits per heavy atom. The van der Waals surface area contributed by atoms with E-state index in [9.17, 15) is 9.18 Å². The fourth-order valence-corrected chi connectivity index (χ4v) is 4.46. The molecule has 5 nitrogen and oxygen atoms in total. The van der Waals surface area contributed by atoms with Crippen LogP contribution < -0.4 is 4.90 Å². The minimum Gasteiger partial charge on any atom is -0.340 e. The normalized spacial score (nSPS) is 21.6. The highest BCUT2D eigenvalue weighted by Gasteiger charge is 2.42. The van der Waals surface area contributed by atoms with Crippen molar-refractivity contribution in [1.82, 2.24) is 14.9 Å². The molecular weight excluding hydrogens is 343 g/mol. The molecule has 6 heteroatoms. The molecule has 0 spiro atoms. The van der Waals surface area contributed by atoms with Gasteiger partial charge in [-0.1, -0.05) is 13.0 Å². The fourth-order valence-electron chi connectivity index (χ4n) is 4.46. The Hall–Kier alpha value is -2.50. The maximum absolute atomic E-state index is 14.0. The van der Waals surface area contributed by atoms with Crippen LogP contribution in [-0.2, 0) is 6.42 Å². The van der Waals surface area contributed by atoms with Gasteiger partial charge in [0.05, 0.1) is 0 Å². The predicted molar refractivity (Wildman–Crippen MR) is 102 cm³/mol. The zero-order valence-electron chi connectivity index (χ0n) is 16.1. The van der Waals surface area contributed by atoms with Gasteiger partial charge < -0.3 is 9.80 Å². The van der Waals surface area contributed by atoms with Crippen molar-refractivity contribution in [1.29, 1.82) is 0 Å². The summed E-state index contributed by atoms with van der Waals surface area (Å²) in [5, 5.41) is 0. The van der Waals surface area contributed by atoms with Crippen molar-refractivity contribution < 1.29 is 9.18 Å². The number of hydrogen-bond acceptors (Lipinski definition) is 4. The number of carbonyl (C=O) groups excluding carboxylic acids is 1. The van der Waals surface area contributed by atoms with Crippen LogP contribution in [0.3, 0.4) is 0 Å². The van der Waals surface area contributed by atoms with Gasteiger partial charge in [-0.3, -0.25) is 4.79 Å². The van der Waals surface area contributed by atoms with Crippen LogP contribution in [0.5, 0.6) is 0 Å². The third kappa shape index (κ3) is 3.29. The summed E-state index contributed by atoms with van der Waals surface area (Å²) in [6.07, 6.45) is 0.520. The number of aryl methyl sites for hydroxylation is 2. The average molecular weight is 368 g/mol. The van der Waals surface area contributed by atoms with E-state index in [-0.39, 0.29) is 11.7 Å². The molecule has 142 valence electrons. The number of hydrogen-bond donors (Lipinski definition) is 0. The quantitative estimate of drug-likeness (QED) is 0.836. The molecule has 1 aromatic carbocycles. The van der Waals surface area contributed by atoms with Gasteiger partial charge >= 0.3 is 0 Å². The van der Waals surface area contributed by atoms with Gasteiger partial charge in [-0.15, -0.1) is 0 Å². The topological polar surface area (TPSA) is 49.3 Å². The Morgan fingerprint density at radius 3 is 2.33 bits per heavy atom. The molecule has 2 unspecified atom stereocenters. The smallest absolute Gasteiger partial charge is 0.254 e. The van der Waals surface area contributed by atoms with E-state index in [1.807, 2.05) is 31.7 Å². The van der Waals surface area contributed by atoms with Crippen molar-refractivity contribution >= 4 is 11.9 Å². The van der Waals surface area contributed by atoms with Crippen molar-refractivity contribution in [2.75, 3.05) is 31.1 Å². The van der Waals surface area contributed by atoms with Crippen LogP contribution in [0, 0.1) is 31.5 Å². The number of benzene rings is 1. The van der Waals surface area contributed by atoms with Gasteiger partial charge in [0.2, 0.25) is 5.95 Å². The molecule has 0 saturated carbocycles. The standard InChI is InChI=1S/C21H25FN4O/c1-4-17-18(6-5-7-19(17)22)20(27)25-9-15-11-26(12-16(15)10-25)21-23-13(2)8-14(3)24-21/h5-8,15-16H,4,9-12H2,1-3H3. The van der Waals surface area contributed by atoms with Crippen LogP contribution in [-0.4, -0.2) is 47.0 Å². The van der Waals surface area contributed by atoms with Gasteiger partial charge in [0.15, 0.2) is 0 Å². The molecule has 0 radical (unpaired) electrons. The summed E-state index contributed by atoms with van der Waals surface area (Å²) < 4.78 is 14.0. The Labute approximate surface area is 159 Å². The molecule has 2 fully saturated rings. The number of carbonyl (C=O) groups is 1. The van der Waals surface area contributed by atoms with E-state index < -0.39 is 0 Å². The number of rotatable bonds is 3. The first-order valence-electron chi connectivity index (χ1n) is 9.60. The summed E-state index contributed by atoms with van der Waals surface area (Å²) >= 11 is 0. The largest absolute Gasteiger partial charge is 0.340 e. The Morgan fingerprint density at radius 1 is 1.11 bits per heavy atom. The maximum Gasteiger partial charge on any atom is 0.254 e. The lowest BCUT2D eigenvalue weighted by molar-refractivity contribution is 0.0781. The summed E-state index contributed by atoms with van der Waals surface area (Å²) in [5.74, 6) is 1.28. The van der Waals surface area contributed by atoms with E-state index in [1.54, 1.807) is 12.1 Å². The highest BCUT2D eigenvalue weighted by atomic mass is 19.1. The molecule has 2 aliphatic heterocycles. The van der Waals surface area contributed by atoms with E-state index in [2.05, 4.69) is 14.9 Å². The van der Waals surface area contributed by atoms with E-state index in [0.29, 0.717) is 42.5 Å². The summed E-state index contributed by atoms with van der Waals surface area (Å²) in [7, 11) is 0. The van der Waals surface area contributed by atoms with Gasteiger partial charge in [-0.05, 0) is 38.5 Å². The van der Waals surface area contributed by atoms with Crippen molar-refractivity contribution in [2.45, 2.75) is 27.2 Å². The zero-order valence-corrected chi connectivity index (χ0v) is 16.1. The molecule has 3 heterocycles. The van der Waals surface area contributed by atoms with Crippen molar-refractivity contribution in [3.63, 3.8) is 0 Å². The van der Waals surface area contributed by atoms with Crippen molar-refractivity contribution in [2.24, 2.45) is 11.8 Å². The molecule has 1 amide bonds. The molecule has 2 atom stereocenters. The first-order valence-corrected chi connectivity index (χ1v) is 9.60. The van der Waals surface area contributed by atoms with Crippen molar-refractivity contribution in [3.8, 4) is 0 Å². The number of halogens is 1. The third-order valence-corrected chi connectivity index (χ3v) is 5.73. The van der Waals surface area contributed by atoms with Gasteiger partial charge in [-0.25, -0.2) is 14.4 Å². The minimum absolute atomic E-state index is 0.0463. The predicted octanol–water partition coefficient (Wildman–Crippen LogP) is 3.00. The fraction of sp³-hybridized carbons (Fsp3) is 0.476. The minimum atomic E-state index is -0.291. The monoisotopic (exact) mass is 368 g/mol. The summed E-state index contributed by atoms with van der Waals surface area (Å²) in [4.78, 5) is 26.2. The third-order valence-electron chi connectivity index (χ3n) is 5.73. The first-order chi connectivity index (χ1) is 13.0. The van der Waals surface area contributed by atoms with Crippen LogP contribution >= 0.6 is 0 Å². The molecule has 4 rings (SSSR count). The second kappa shape index (κ2) is 6.91. The van der Waals surface area contributed by atoms with E-state index in [4.69, 9.17) is 0 Å². The SMILES string of the molecule is CCc1c(F)cccc1C(=O)N1CC2CN(c3nc(C)cc(C)n3)CC2C1. The number of nitrogens with zero attached hydrogens (tertiary/aromatic N) is 4. The molecule has 27 heavy (non-hydrogen) atoms. The lowest BCUT2D eigenvalue weighted by Crippen LogP contribution is -2.34. The molecule has 0 N–H and O–H groups in total. The van der Waals surface area contributed by atoms with E-state index in [1.165, 1.54) is 6.07 Å². The van der Waals surface area contributed by atoms with Crippen LogP contribution in [0.4, 0.5) is 10.3 Å². The van der Waals surface area contributed by atoms with Crippen LogP contribution in [0.15, 0.2) is 24.3 Å². The Kier molecular flexibility index (Phi) is 4.58. The molecule has 0 aliphatic carbocycles. The molecular formula is C21H25FN4O. The van der Waals surface area contributed by atoms with Gasteiger partial charge in [0, 0.05) is 60.5 Å². The van der Waals surface area contributed by atoms with Gasteiger partial charge in [0.25, 0.3) is 5.91 Å². The highest BCUT2D eigenvalue weighted by Crippen LogP contribution is 2.34. The molecule has 1 aromatic heterocycles. The lowest BCUT2D eigenvalue weighted by Gasteiger charge is -2.23. The number of likely N-dealkylation sites (tertiary alicyclic amines) is 1. The van der Waals surface area contributed by atoms with E-state index >= 15 is 0 Å². The first kappa shape index (κ1) is 17.9. The number of aromatic nitrogens is 2. The van der Waals surface area contributed by atoms with Gasteiger partial charge in [-0.2, -0.15) is 0 Å². The maximum atomic E-state index is 14.0. The number of amides is 1. The summed E-state index contributed by atoms with van der Waals surface area (Å²) in [6, 6.07) is 6.77. The highest BCUT2D eigenvalue weighted by molar-refractivity contribution is 5.96. The summed E-state index contributed by atoms with van der Waals surface area (Å²) in [6.45, 7) is 9.01. The summed E-state index contributed by atoms with van der Waals surface area (Å²) in [5.41, 5.74) is 2.98. The second-order valence-corrected chi connectivity index (χ2v) is 7.71. The molecule has 0 bridgehead atoms. The van der Waals surface area contributed by atoms with Crippen LogP contribution in [0.25, 0.3) is 0 Å². The average Bonchev–Trinajstić information content (AvgIpc) is 3.19. The lowest BCUT2D eigenvalue weighted by atomic mass is 10.0. The van der Waals surface area contributed by atoms with Gasteiger partial charge in [0.1, 0.15) is 5.82 Å². The van der Waals surface area contributed by atoms with Crippen LogP contribution in [0.1, 0.15) is 34.2 Å². The number of anilines is 1. The molecule has 2 aliphatic rings. The van der Waals surface area contributed by atoms with E-state index in [0.717, 1.165) is 30.4 Å². The molecule has 2 aromatic rings. The number of fused-ring (bicyclic) bond motifs is 1. The Balaban J connectivity index is 1.47. The van der Waals surface area contributed by atoms with Crippen molar-refractivity contribution in [3.05, 3.63) is 52.6 Å². The van der Waals surface area contributed by atoms with Crippen LogP contribution in [0.2, 0.25) is 0 Å².